The Hall–Kier alpha value is -1.79. The molecule has 0 saturated heterocycles. The number of hydrogen-bond donors (Lipinski definition) is 1. The minimum Gasteiger partial charge on any atom is -0.465 e. The molecule has 0 aliphatic rings. The normalized spacial score (nSPS) is 9.00. The lowest BCUT2D eigenvalue weighted by Gasteiger charge is -2.03. The van der Waals surface area contributed by atoms with Gasteiger partial charge in [0, 0.05) is 5.56 Å². The fourth-order valence-corrected chi connectivity index (χ4v) is 1.18. The summed E-state index contributed by atoms with van der Waals surface area (Å²) in [7, 11) is 1.36. The molecular weight excluding hydrogens is 190 g/mol. The smallest absolute Gasteiger partial charge is 0.338 e. The molecule has 0 spiro atoms. The first-order chi connectivity index (χ1) is 7.19. The van der Waals surface area contributed by atoms with Gasteiger partial charge in [-0.3, -0.25) is 0 Å². The Balaban J connectivity index is 3.10. The van der Waals surface area contributed by atoms with E-state index in [0.29, 0.717) is 12.1 Å². The van der Waals surface area contributed by atoms with Gasteiger partial charge in [0.15, 0.2) is 0 Å². The molecule has 0 heterocycles. The standard InChI is InChI=1S/C12H13NO2/c1-9-5-6-10(4-3-7-13)8-11(9)12(14)15-2/h5-6,8H,7,13H2,1-2H3. The first kappa shape index (κ1) is 11.3. The van der Waals surface area contributed by atoms with Crippen LogP contribution in [0, 0.1) is 18.8 Å². The summed E-state index contributed by atoms with van der Waals surface area (Å²) in [5.41, 5.74) is 7.45. The molecule has 0 radical (unpaired) electrons. The summed E-state index contributed by atoms with van der Waals surface area (Å²) in [5.74, 6) is 5.26. The average molecular weight is 203 g/mol. The molecule has 1 aromatic rings. The molecule has 2 N–H and O–H groups in total. The minimum atomic E-state index is -0.344. The highest BCUT2D eigenvalue weighted by Crippen LogP contribution is 2.11. The zero-order chi connectivity index (χ0) is 11.3. The summed E-state index contributed by atoms with van der Waals surface area (Å²) in [4.78, 5) is 11.4. The number of carbonyl (C=O) groups is 1. The van der Waals surface area contributed by atoms with Crippen molar-refractivity contribution in [2.75, 3.05) is 13.7 Å². The quantitative estimate of drug-likeness (QED) is 0.549. The molecule has 0 aromatic heterocycles. The second-order valence-corrected chi connectivity index (χ2v) is 3.03. The highest BCUT2D eigenvalue weighted by atomic mass is 16.5. The predicted octanol–water partition coefficient (Wildman–Crippen LogP) is 1.09. The SMILES string of the molecule is COC(=O)c1cc(C#CCN)ccc1C. The Bertz CT molecular complexity index is 427. The van der Waals surface area contributed by atoms with Crippen LogP contribution in [0.2, 0.25) is 0 Å². The molecule has 3 heteroatoms. The summed E-state index contributed by atoms with van der Waals surface area (Å²) in [6.45, 7) is 2.16. The molecule has 0 aliphatic heterocycles. The lowest BCUT2D eigenvalue weighted by molar-refractivity contribution is 0.0600. The van der Waals surface area contributed by atoms with E-state index in [1.165, 1.54) is 7.11 Å². The molecule has 78 valence electrons. The van der Waals surface area contributed by atoms with Gasteiger partial charge in [0.05, 0.1) is 19.2 Å². The van der Waals surface area contributed by atoms with Crippen molar-refractivity contribution >= 4 is 5.97 Å². The van der Waals surface area contributed by atoms with Crippen molar-refractivity contribution in [2.24, 2.45) is 5.73 Å². The van der Waals surface area contributed by atoms with Crippen molar-refractivity contribution < 1.29 is 9.53 Å². The monoisotopic (exact) mass is 203 g/mol. The van der Waals surface area contributed by atoms with E-state index in [-0.39, 0.29) is 5.97 Å². The summed E-state index contributed by atoms with van der Waals surface area (Å²) < 4.78 is 4.66. The van der Waals surface area contributed by atoms with Crippen molar-refractivity contribution in [1.29, 1.82) is 0 Å². The molecule has 1 rings (SSSR count). The zero-order valence-corrected chi connectivity index (χ0v) is 8.83. The van der Waals surface area contributed by atoms with Crippen LogP contribution in [-0.2, 0) is 4.74 Å². The highest BCUT2D eigenvalue weighted by Gasteiger charge is 2.08. The van der Waals surface area contributed by atoms with Gasteiger partial charge >= 0.3 is 5.97 Å². The van der Waals surface area contributed by atoms with Crippen LogP contribution in [0.1, 0.15) is 21.5 Å². The molecule has 0 amide bonds. The van der Waals surface area contributed by atoms with E-state index >= 15 is 0 Å². The van der Waals surface area contributed by atoms with Gasteiger partial charge in [-0.25, -0.2) is 4.79 Å². The molecule has 3 nitrogen and oxygen atoms in total. The van der Waals surface area contributed by atoms with Crippen LogP contribution in [-0.4, -0.2) is 19.6 Å². The zero-order valence-electron chi connectivity index (χ0n) is 8.83. The average Bonchev–Trinajstić information content (AvgIpc) is 2.27. The first-order valence-corrected chi connectivity index (χ1v) is 4.57. The van der Waals surface area contributed by atoms with Gasteiger partial charge in [-0.2, -0.15) is 0 Å². The van der Waals surface area contributed by atoms with Gasteiger partial charge < -0.3 is 10.5 Å². The Morgan fingerprint density at radius 3 is 2.87 bits per heavy atom. The number of esters is 1. The third-order valence-electron chi connectivity index (χ3n) is 1.98. The van der Waals surface area contributed by atoms with Gasteiger partial charge in [0.25, 0.3) is 0 Å². The largest absolute Gasteiger partial charge is 0.465 e. The van der Waals surface area contributed by atoms with E-state index in [4.69, 9.17) is 5.73 Å². The number of benzene rings is 1. The fraction of sp³-hybridized carbons (Fsp3) is 0.250. The third kappa shape index (κ3) is 2.83. The Morgan fingerprint density at radius 2 is 2.27 bits per heavy atom. The second-order valence-electron chi connectivity index (χ2n) is 3.03. The Labute approximate surface area is 89.2 Å². The van der Waals surface area contributed by atoms with E-state index in [2.05, 4.69) is 16.6 Å². The summed E-state index contributed by atoms with van der Waals surface area (Å²) in [6, 6.07) is 5.40. The fourth-order valence-electron chi connectivity index (χ4n) is 1.18. The maximum absolute atomic E-state index is 11.4. The molecule has 0 aliphatic carbocycles. The lowest BCUT2D eigenvalue weighted by Crippen LogP contribution is -2.04. The number of hydrogen-bond acceptors (Lipinski definition) is 3. The van der Waals surface area contributed by atoms with Crippen molar-refractivity contribution in [3.05, 3.63) is 34.9 Å². The molecule has 0 bridgehead atoms. The van der Waals surface area contributed by atoms with Gasteiger partial charge in [-0.05, 0) is 24.6 Å². The topological polar surface area (TPSA) is 52.3 Å². The number of rotatable bonds is 1. The van der Waals surface area contributed by atoms with Crippen LogP contribution in [0.25, 0.3) is 0 Å². The van der Waals surface area contributed by atoms with Gasteiger partial charge in [0.1, 0.15) is 0 Å². The summed E-state index contributed by atoms with van der Waals surface area (Å²) in [6.07, 6.45) is 0. The lowest BCUT2D eigenvalue weighted by atomic mass is 10.1. The molecule has 1 aromatic carbocycles. The maximum atomic E-state index is 11.4. The second kappa shape index (κ2) is 5.18. The molecular formula is C12H13NO2. The number of methoxy groups -OCH3 is 1. The first-order valence-electron chi connectivity index (χ1n) is 4.57. The molecule has 15 heavy (non-hydrogen) atoms. The van der Waals surface area contributed by atoms with Crippen molar-refractivity contribution in [2.45, 2.75) is 6.92 Å². The maximum Gasteiger partial charge on any atom is 0.338 e. The van der Waals surface area contributed by atoms with Gasteiger partial charge in [0.2, 0.25) is 0 Å². The van der Waals surface area contributed by atoms with Gasteiger partial charge in [-0.15, -0.1) is 0 Å². The van der Waals surface area contributed by atoms with Crippen LogP contribution in [0.4, 0.5) is 0 Å². The Kier molecular flexibility index (Phi) is 3.90. The van der Waals surface area contributed by atoms with Crippen LogP contribution < -0.4 is 5.73 Å². The van der Waals surface area contributed by atoms with E-state index in [1.54, 1.807) is 6.07 Å². The molecule has 0 unspecified atom stereocenters. The number of carbonyl (C=O) groups excluding carboxylic acids is 1. The summed E-state index contributed by atoms with van der Waals surface area (Å²) in [5, 5.41) is 0. The minimum absolute atomic E-state index is 0.307. The predicted molar refractivity (Wildman–Crippen MR) is 58.5 cm³/mol. The summed E-state index contributed by atoms with van der Waals surface area (Å²) >= 11 is 0. The number of ether oxygens (including phenoxy) is 1. The van der Waals surface area contributed by atoms with E-state index in [9.17, 15) is 4.79 Å². The molecule has 0 fully saturated rings. The number of aryl methyl sites for hydroxylation is 1. The van der Waals surface area contributed by atoms with Crippen LogP contribution in [0.3, 0.4) is 0 Å². The van der Waals surface area contributed by atoms with Crippen LogP contribution >= 0.6 is 0 Å². The van der Waals surface area contributed by atoms with Crippen molar-refractivity contribution in [1.82, 2.24) is 0 Å². The van der Waals surface area contributed by atoms with Gasteiger partial charge in [-0.1, -0.05) is 17.9 Å². The molecule has 0 saturated carbocycles. The highest BCUT2D eigenvalue weighted by molar-refractivity contribution is 5.91. The number of nitrogens with two attached hydrogens (primary N) is 1. The Morgan fingerprint density at radius 1 is 1.53 bits per heavy atom. The van der Waals surface area contributed by atoms with E-state index in [1.807, 2.05) is 19.1 Å². The molecule has 0 atom stereocenters. The van der Waals surface area contributed by atoms with E-state index < -0.39 is 0 Å². The van der Waals surface area contributed by atoms with Crippen LogP contribution in [0.5, 0.6) is 0 Å². The third-order valence-corrected chi connectivity index (χ3v) is 1.98. The van der Waals surface area contributed by atoms with E-state index in [0.717, 1.165) is 11.1 Å². The van der Waals surface area contributed by atoms with Crippen molar-refractivity contribution in [3.8, 4) is 11.8 Å². The van der Waals surface area contributed by atoms with Crippen LogP contribution in [0.15, 0.2) is 18.2 Å². The van der Waals surface area contributed by atoms with Crippen molar-refractivity contribution in [3.63, 3.8) is 0 Å².